The van der Waals surface area contributed by atoms with Gasteiger partial charge >= 0.3 is 0 Å². The molecule has 0 atom stereocenters. The number of hydrogen-bond acceptors (Lipinski definition) is 3. The van der Waals surface area contributed by atoms with Crippen molar-refractivity contribution in [3.05, 3.63) is 54.1 Å². The van der Waals surface area contributed by atoms with Crippen LogP contribution in [0.1, 0.15) is 10.5 Å². The Bertz CT molecular complexity index is 685. The molecule has 0 saturated heterocycles. The lowest BCUT2D eigenvalue weighted by molar-refractivity contribution is -0.115. The standard InChI is InChI=1S/C14H10FN3O2/c15-9-5-6-11(16-7-9)14(20)18-8-13(19)17-10-3-1-2-4-12(10)18/h1-7H,8H2,(H,17,19). The molecule has 100 valence electrons. The molecule has 2 heterocycles. The van der Waals surface area contributed by atoms with Gasteiger partial charge in [-0.05, 0) is 24.3 Å². The number of benzene rings is 1. The Morgan fingerprint density at radius 3 is 2.80 bits per heavy atom. The van der Waals surface area contributed by atoms with Crippen molar-refractivity contribution < 1.29 is 14.0 Å². The molecule has 0 saturated carbocycles. The monoisotopic (exact) mass is 271 g/mol. The van der Waals surface area contributed by atoms with E-state index in [0.717, 1.165) is 12.3 Å². The van der Waals surface area contributed by atoms with Crippen LogP contribution in [0.5, 0.6) is 0 Å². The predicted molar refractivity (Wildman–Crippen MR) is 70.9 cm³/mol. The zero-order chi connectivity index (χ0) is 14.1. The molecular formula is C14H10FN3O2. The minimum Gasteiger partial charge on any atom is -0.323 e. The van der Waals surface area contributed by atoms with E-state index >= 15 is 0 Å². The van der Waals surface area contributed by atoms with Crippen LogP contribution in [0.3, 0.4) is 0 Å². The first-order chi connectivity index (χ1) is 9.65. The predicted octanol–water partition coefficient (Wildman–Crippen LogP) is 1.82. The van der Waals surface area contributed by atoms with Gasteiger partial charge in [0, 0.05) is 0 Å². The number of amides is 2. The van der Waals surface area contributed by atoms with Gasteiger partial charge in [-0.2, -0.15) is 0 Å². The highest BCUT2D eigenvalue weighted by molar-refractivity contribution is 6.14. The molecule has 0 spiro atoms. The van der Waals surface area contributed by atoms with Crippen molar-refractivity contribution in [2.24, 2.45) is 0 Å². The first kappa shape index (κ1) is 12.3. The molecule has 0 unspecified atom stereocenters. The van der Waals surface area contributed by atoms with Gasteiger partial charge < -0.3 is 5.32 Å². The second-order valence-electron chi connectivity index (χ2n) is 4.32. The van der Waals surface area contributed by atoms with Crippen molar-refractivity contribution in [1.82, 2.24) is 4.98 Å². The lowest BCUT2D eigenvalue weighted by atomic mass is 10.1. The Labute approximate surface area is 114 Å². The van der Waals surface area contributed by atoms with Crippen LogP contribution in [0.15, 0.2) is 42.6 Å². The van der Waals surface area contributed by atoms with E-state index in [2.05, 4.69) is 10.3 Å². The summed E-state index contributed by atoms with van der Waals surface area (Å²) in [6, 6.07) is 9.45. The number of aromatic nitrogens is 1. The van der Waals surface area contributed by atoms with E-state index in [4.69, 9.17) is 0 Å². The molecule has 0 aliphatic carbocycles. The SMILES string of the molecule is O=C1CN(C(=O)c2ccc(F)cn2)c2ccccc2N1. The number of rotatable bonds is 1. The van der Waals surface area contributed by atoms with E-state index in [9.17, 15) is 14.0 Å². The van der Waals surface area contributed by atoms with E-state index in [-0.39, 0.29) is 18.1 Å². The smallest absolute Gasteiger partial charge is 0.277 e. The molecule has 3 rings (SSSR count). The van der Waals surface area contributed by atoms with Crippen LogP contribution >= 0.6 is 0 Å². The van der Waals surface area contributed by atoms with Crippen LogP contribution < -0.4 is 10.2 Å². The number of anilines is 2. The number of fused-ring (bicyclic) bond motifs is 1. The number of carbonyl (C=O) groups excluding carboxylic acids is 2. The van der Waals surface area contributed by atoms with Gasteiger partial charge in [-0.25, -0.2) is 9.37 Å². The molecule has 20 heavy (non-hydrogen) atoms. The Balaban J connectivity index is 1.99. The van der Waals surface area contributed by atoms with Crippen molar-refractivity contribution in [2.45, 2.75) is 0 Å². The van der Waals surface area contributed by atoms with E-state index in [1.54, 1.807) is 24.3 Å². The molecule has 2 aromatic rings. The normalized spacial score (nSPS) is 13.7. The maximum atomic E-state index is 12.8. The van der Waals surface area contributed by atoms with Gasteiger partial charge in [0.15, 0.2) is 0 Å². The van der Waals surface area contributed by atoms with E-state index in [1.165, 1.54) is 11.0 Å². The van der Waals surface area contributed by atoms with Crippen LogP contribution in [-0.2, 0) is 4.79 Å². The zero-order valence-corrected chi connectivity index (χ0v) is 10.3. The number of carbonyl (C=O) groups is 2. The molecule has 5 nitrogen and oxygen atoms in total. The number of para-hydroxylation sites is 2. The maximum Gasteiger partial charge on any atom is 0.277 e. The maximum absolute atomic E-state index is 12.8. The summed E-state index contributed by atoms with van der Waals surface area (Å²) >= 11 is 0. The van der Waals surface area contributed by atoms with Crippen LogP contribution in [-0.4, -0.2) is 23.3 Å². The van der Waals surface area contributed by atoms with Crippen LogP contribution in [0, 0.1) is 5.82 Å². The number of hydrogen-bond donors (Lipinski definition) is 1. The summed E-state index contributed by atoms with van der Waals surface area (Å²) in [6.07, 6.45) is 0.975. The molecule has 0 fully saturated rings. The van der Waals surface area contributed by atoms with Gasteiger partial charge in [0.1, 0.15) is 18.1 Å². The van der Waals surface area contributed by atoms with Gasteiger partial charge in [0.25, 0.3) is 5.91 Å². The van der Waals surface area contributed by atoms with Crippen molar-refractivity contribution in [1.29, 1.82) is 0 Å². The molecule has 1 aliphatic heterocycles. The number of pyridine rings is 1. The molecule has 2 amide bonds. The lowest BCUT2D eigenvalue weighted by Gasteiger charge is -2.28. The third-order valence-corrected chi connectivity index (χ3v) is 2.96. The first-order valence-electron chi connectivity index (χ1n) is 5.97. The fourth-order valence-corrected chi connectivity index (χ4v) is 2.06. The number of nitrogens with zero attached hydrogens (tertiary/aromatic N) is 2. The summed E-state index contributed by atoms with van der Waals surface area (Å²) < 4.78 is 12.8. The third kappa shape index (κ3) is 2.11. The average molecular weight is 271 g/mol. The highest BCUT2D eigenvalue weighted by atomic mass is 19.1. The summed E-state index contributed by atoms with van der Waals surface area (Å²) in [6.45, 7) is -0.0884. The molecule has 1 aromatic carbocycles. The third-order valence-electron chi connectivity index (χ3n) is 2.96. The lowest BCUT2D eigenvalue weighted by Crippen LogP contribution is -2.42. The highest BCUT2D eigenvalue weighted by Crippen LogP contribution is 2.29. The quantitative estimate of drug-likeness (QED) is 0.860. The van der Waals surface area contributed by atoms with E-state index in [0.29, 0.717) is 11.4 Å². The first-order valence-corrected chi connectivity index (χ1v) is 5.97. The Morgan fingerprint density at radius 2 is 2.05 bits per heavy atom. The second kappa shape index (κ2) is 4.73. The van der Waals surface area contributed by atoms with E-state index < -0.39 is 11.7 Å². The van der Waals surface area contributed by atoms with Gasteiger partial charge in [0.2, 0.25) is 5.91 Å². The molecular weight excluding hydrogens is 261 g/mol. The largest absolute Gasteiger partial charge is 0.323 e. The van der Waals surface area contributed by atoms with Crippen LogP contribution in [0.2, 0.25) is 0 Å². The summed E-state index contributed by atoms with van der Waals surface area (Å²) in [5.41, 5.74) is 1.26. The summed E-state index contributed by atoms with van der Waals surface area (Å²) in [7, 11) is 0. The fraction of sp³-hybridized carbons (Fsp3) is 0.0714. The molecule has 1 N–H and O–H groups in total. The number of halogens is 1. The second-order valence-corrected chi connectivity index (χ2v) is 4.32. The van der Waals surface area contributed by atoms with Crippen LogP contribution in [0.25, 0.3) is 0 Å². The Kier molecular flexibility index (Phi) is 2.90. The summed E-state index contributed by atoms with van der Waals surface area (Å²) in [5, 5.41) is 2.69. The highest BCUT2D eigenvalue weighted by Gasteiger charge is 2.27. The van der Waals surface area contributed by atoms with Crippen molar-refractivity contribution in [3.8, 4) is 0 Å². The van der Waals surface area contributed by atoms with Crippen LogP contribution in [0.4, 0.5) is 15.8 Å². The molecule has 6 heteroatoms. The minimum absolute atomic E-state index is 0.0884. The Morgan fingerprint density at radius 1 is 1.25 bits per heavy atom. The summed E-state index contributed by atoms with van der Waals surface area (Å²) in [5.74, 6) is -1.23. The average Bonchev–Trinajstić information content (AvgIpc) is 2.46. The Hall–Kier alpha value is -2.76. The van der Waals surface area contributed by atoms with E-state index in [1.807, 2.05) is 0 Å². The van der Waals surface area contributed by atoms with Crippen molar-refractivity contribution in [2.75, 3.05) is 16.8 Å². The molecule has 1 aliphatic rings. The molecule has 0 radical (unpaired) electrons. The van der Waals surface area contributed by atoms with Crippen molar-refractivity contribution in [3.63, 3.8) is 0 Å². The topological polar surface area (TPSA) is 62.3 Å². The molecule has 0 bridgehead atoms. The summed E-state index contributed by atoms with van der Waals surface area (Å²) in [4.78, 5) is 29.1. The molecule has 1 aromatic heterocycles. The van der Waals surface area contributed by atoms with Crippen molar-refractivity contribution >= 4 is 23.2 Å². The van der Waals surface area contributed by atoms with Gasteiger partial charge in [-0.3, -0.25) is 14.5 Å². The van der Waals surface area contributed by atoms with Gasteiger partial charge in [-0.1, -0.05) is 12.1 Å². The van der Waals surface area contributed by atoms with Gasteiger partial charge in [-0.15, -0.1) is 0 Å². The number of nitrogens with one attached hydrogen (secondary N) is 1. The van der Waals surface area contributed by atoms with Gasteiger partial charge in [0.05, 0.1) is 17.6 Å². The minimum atomic E-state index is -0.515. The fourth-order valence-electron chi connectivity index (χ4n) is 2.06. The zero-order valence-electron chi connectivity index (χ0n) is 10.3.